The van der Waals surface area contributed by atoms with Crippen LogP contribution < -0.4 is 11.1 Å². The van der Waals surface area contributed by atoms with Gasteiger partial charge < -0.3 is 11.1 Å². The van der Waals surface area contributed by atoms with Crippen molar-refractivity contribution in [1.29, 1.82) is 0 Å². The van der Waals surface area contributed by atoms with Crippen LogP contribution in [0.25, 0.3) is 0 Å². The third kappa shape index (κ3) is 4.24. The number of hydrogen-bond donors (Lipinski definition) is 2. The Morgan fingerprint density at radius 1 is 1.29 bits per heavy atom. The minimum atomic E-state index is 0.0587. The SMILES string of the molecule is CC1=C(SCc2ccccc2)C(=O)N1.CCN. The molecule has 1 aromatic carbocycles. The van der Waals surface area contributed by atoms with E-state index in [1.807, 2.05) is 32.0 Å². The molecule has 0 saturated carbocycles. The van der Waals surface area contributed by atoms with Crippen molar-refractivity contribution in [2.75, 3.05) is 6.54 Å². The maximum atomic E-state index is 11.1. The van der Waals surface area contributed by atoms with Crippen molar-refractivity contribution in [3.63, 3.8) is 0 Å². The van der Waals surface area contributed by atoms with Gasteiger partial charge >= 0.3 is 0 Å². The van der Waals surface area contributed by atoms with Gasteiger partial charge in [0.15, 0.2) is 0 Å². The second-order valence-electron chi connectivity index (χ2n) is 3.59. The van der Waals surface area contributed by atoms with Gasteiger partial charge in [0.25, 0.3) is 5.91 Å². The molecule has 0 aliphatic carbocycles. The number of amides is 1. The summed E-state index contributed by atoms with van der Waals surface area (Å²) < 4.78 is 0. The zero-order valence-corrected chi connectivity index (χ0v) is 11.0. The fourth-order valence-corrected chi connectivity index (χ4v) is 2.25. The van der Waals surface area contributed by atoms with Gasteiger partial charge in [-0.15, -0.1) is 11.8 Å². The van der Waals surface area contributed by atoms with Gasteiger partial charge in [0.05, 0.1) is 4.91 Å². The molecule has 3 nitrogen and oxygen atoms in total. The molecule has 0 atom stereocenters. The van der Waals surface area contributed by atoms with E-state index in [4.69, 9.17) is 5.73 Å². The summed E-state index contributed by atoms with van der Waals surface area (Å²) in [6.07, 6.45) is 0. The summed E-state index contributed by atoms with van der Waals surface area (Å²) >= 11 is 1.60. The molecule has 1 aromatic rings. The molecule has 4 heteroatoms. The summed E-state index contributed by atoms with van der Waals surface area (Å²) in [4.78, 5) is 11.9. The van der Waals surface area contributed by atoms with Crippen LogP contribution in [0.15, 0.2) is 40.9 Å². The predicted octanol–water partition coefficient (Wildman–Crippen LogP) is 2.25. The Hall–Kier alpha value is -1.26. The van der Waals surface area contributed by atoms with E-state index in [2.05, 4.69) is 17.4 Å². The van der Waals surface area contributed by atoms with Gasteiger partial charge in [0.1, 0.15) is 0 Å². The third-order valence-electron chi connectivity index (χ3n) is 2.07. The molecule has 1 aliphatic rings. The van der Waals surface area contributed by atoms with Crippen LogP contribution in [0.4, 0.5) is 0 Å². The van der Waals surface area contributed by atoms with Crippen LogP contribution >= 0.6 is 11.8 Å². The predicted molar refractivity (Wildman–Crippen MR) is 73.3 cm³/mol. The summed E-state index contributed by atoms with van der Waals surface area (Å²) in [5, 5.41) is 2.71. The lowest BCUT2D eigenvalue weighted by Gasteiger charge is -2.20. The zero-order chi connectivity index (χ0) is 12.7. The first-order valence-electron chi connectivity index (χ1n) is 5.58. The summed E-state index contributed by atoms with van der Waals surface area (Å²) in [5.74, 6) is 0.921. The molecule has 92 valence electrons. The molecular formula is C13H18N2OS. The molecular weight excluding hydrogens is 232 g/mol. The lowest BCUT2D eigenvalue weighted by molar-refractivity contribution is -0.117. The first-order chi connectivity index (χ1) is 8.19. The number of hydrogen-bond acceptors (Lipinski definition) is 3. The fourth-order valence-electron chi connectivity index (χ4n) is 1.30. The van der Waals surface area contributed by atoms with E-state index in [1.165, 1.54) is 5.56 Å². The minimum Gasteiger partial charge on any atom is -0.331 e. The fraction of sp³-hybridized carbons (Fsp3) is 0.308. The summed E-state index contributed by atoms with van der Waals surface area (Å²) in [6.45, 7) is 4.58. The monoisotopic (exact) mass is 250 g/mol. The summed E-state index contributed by atoms with van der Waals surface area (Å²) in [7, 11) is 0. The maximum Gasteiger partial charge on any atom is 0.263 e. The van der Waals surface area contributed by atoms with Crippen molar-refractivity contribution >= 4 is 17.7 Å². The van der Waals surface area contributed by atoms with Crippen molar-refractivity contribution in [2.45, 2.75) is 19.6 Å². The summed E-state index contributed by atoms with van der Waals surface area (Å²) in [6, 6.07) is 10.2. The molecule has 1 aliphatic heterocycles. The van der Waals surface area contributed by atoms with Crippen LogP contribution in [0.5, 0.6) is 0 Å². The Bertz CT molecular complexity index is 401. The Balaban J connectivity index is 0.000000437. The molecule has 17 heavy (non-hydrogen) atoms. The van der Waals surface area contributed by atoms with E-state index in [0.29, 0.717) is 0 Å². The van der Waals surface area contributed by atoms with Crippen molar-refractivity contribution in [3.05, 3.63) is 46.5 Å². The number of allylic oxidation sites excluding steroid dienone is 1. The molecule has 1 amide bonds. The second kappa shape index (κ2) is 7.14. The van der Waals surface area contributed by atoms with Crippen molar-refractivity contribution in [2.24, 2.45) is 5.73 Å². The van der Waals surface area contributed by atoms with Crippen LogP contribution in [0, 0.1) is 0 Å². The van der Waals surface area contributed by atoms with Crippen molar-refractivity contribution in [3.8, 4) is 0 Å². The first kappa shape index (κ1) is 13.8. The number of benzene rings is 1. The van der Waals surface area contributed by atoms with Crippen LogP contribution in [0.3, 0.4) is 0 Å². The average Bonchev–Trinajstić information content (AvgIpc) is 2.31. The Labute approximate surface area is 106 Å². The van der Waals surface area contributed by atoms with Gasteiger partial charge in [0, 0.05) is 11.4 Å². The Morgan fingerprint density at radius 2 is 1.88 bits per heavy atom. The molecule has 0 radical (unpaired) electrons. The van der Waals surface area contributed by atoms with Gasteiger partial charge in [-0.25, -0.2) is 0 Å². The molecule has 0 spiro atoms. The topological polar surface area (TPSA) is 55.1 Å². The van der Waals surface area contributed by atoms with Gasteiger partial charge in [-0.05, 0) is 19.0 Å². The van der Waals surface area contributed by atoms with E-state index in [-0.39, 0.29) is 5.91 Å². The van der Waals surface area contributed by atoms with E-state index in [0.717, 1.165) is 22.9 Å². The number of carbonyl (C=O) groups excluding carboxylic acids is 1. The van der Waals surface area contributed by atoms with Gasteiger partial charge in [-0.2, -0.15) is 0 Å². The van der Waals surface area contributed by atoms with Gasteiger partial charge in [-0.1, -0.05) is 37.3 Å². The van der Waals surface area contributed by atoms with E-state index < -0.39 is 0 Å². The van der Waals surface area contributed by atoms with Gasteiger partial charge in [0.2, 0.25) is 0 Å². The Morgan fingerprint density at radius 3 is 2.35 bits per heavy atom. The largest absolute Gasteiger partial charge is 0.331 e. The second-order valence-corrected chi connectivity index (χ2v) is 4.58. The molecule has 3 N–H and O–H groups in total. The Kier molecular flexibility index (Phi) is 5.80. The number of thioether (sulfide) groups is 1. The van der Waals surface area contributed by atoms with E-state index in [9.17, 15) is 4.79 Å². The van der Waals surface area contributed by atoms with Crippen molar-refractivity contribution < 1.29 is 4.79 Å². The smallest absolute Gasteiger partial charge is 0.263 e. The highest BCUT2D eigenvalue weighted by Crippen LogP contribution is 2.28. The molecule has 0 aromatic heterocycles. The van der Waals surface area contributed by atoms with Crippen molar-refractivity contribution in [1.82, 2.24) is 5.32 Å². The summed E-state index contributed by atoms with van der Waals surface area (Å²) in [5.41, 5.74) is 7.09. The molecule has 0 fully saturated rings. The molecule has 0 saturated heterocycles. The zero-order valence-electron chi connectivity index (χ0n) is 10.2. The number of rotatable bonds is 3. The van der Waals surface area contributed by atoms with Crippen LogP contribution in [0.1, 0.15) is 19.4 Å². The van der Waals surface area contributed by atoms with E-state index in [1.54, 1.807) is 11.8 Å². The van der Waals surface area contributed by atoms with E-state index >= 15 is 0 Å². The molecule has 0 bridgehead atoms. The highest BCUT2D eigenvalue weighted by Gasteiger charge is 2.23. The molecule has 0 unspecified atom stereocenters. The maximum absolute atomic E-state index is 11.1. The quantitative estimate of drug-likeness (QED) is 0.865. The molecule has 1 heterocycles. The lowest BCUT2D eigenvalue weighted by Crippen LogP contribution is -2.34. The standard InChI is InChI=1S/C11H11NOS.C2H7N/c1-8-10(11(13)12-8)14-7-9-5-3-2-4-6-9;1-2-3/h2-6H,7H2,1H3,(H,12,13);2-3H2,1H3. The number of nitrogens with two attached hydrogens (primary N) is 1. The lowest BCUT2D eigenvalue weighted by atomic mass is 10.2. The number of carbonyl (C=O) groups is 1. The highest BCUT2D eigenvalue weighted by molar-refractivity contribution is 8.03. The first-order valence-corrected chi connectivity index (χ1v) is 6.56. The number of nitrogens with one attached hydrogen (secondary N) is 1. The average molecular weight is 250 g/mol. The normalized spacial score (nSPS) is 13.5. The molecule has 2 rings (SSSR count). The third-order valence-corrected chi connectivity index (χ3v) is 3.33. The van der Waals surface area contributed by atoms with Crippen LogP contribution in [-0.2, 0) is 10.5 Å². The van der Waals surface area contributed by atoms with Crippen LogP contribution in [-0.4, -0.2) is 12.5 Å². The minimum absolute atomic E-state index is 0.0587. The van der Waals surface area contributed by atoms with Gasteiger partial charge in [-0.3, -0.25) is 4.79 Å². The van der Waals surface area contributed by atoms with Crippen LogP contribution in [0.2, 0.25) is 0 Å². The highest BCUT2D eigenvalue weighted by atomic mass is 32.2.